The third-order valence-corrected chi connectivity index (χ3v) is 3.86. The lowest BCUT2D eigenvalue weighted by Gasteiger charge is -2.22. The molecule has 0 aliphatic rings. The van der Waals surface area contributed by atoms with Crippen molar-refractivity contribution in [2.24, 2.45) is 0 Å². The van der Waals surface area contributed by atoms with Crippen LogP contribution in [0, 0.1) is 0 Å². The van der Waals surface area contributed by atoms with Gasteiger partial charge in [0.05, 0.1) is 13.7 Å². The lowest BCUT2D eigenvalue weighted by Crippen LogP contribution is -2.39. The molecule has 0 spiro atoms. The summed E-state index contributed by atoms with van der Waals surface area (Å²) in [7, 11) is 3.32. The van der Waals surface area contributed by atoms with Gasteiger partial charge in [-0.25, -0.2) is 0 Å². The number of amides is 1. The summed E-state index contributed by atoms with van der Waals surface area (Å²) < 4.78 is 16.4. The topological polar surface area (TPSA) is 48.0 Å². The first kappa shape index (κ1) is 18.9. The van der Waals surface area contributed by atoms with Gasteiger partial charge in [0.25, 0.3) is 5.91 Å². The fourth-order valence-corrected chi connectivity index (χ4v) is 2.29. The highest BCUT2D eigenvalue weighted by atomic mass is 35.5. The van der Waals surface area contributed by atoms with Crippen LogP contribution in [0.4, 0.5) is 0 Å². The molecule has 0 bridgehead atoms. The maximum Gasteiger partial charge on any atom is 0.263 e. The molecule has 0 heterocycles. The van der Waals surface area contributed by atoms with Crippen molar-refractivity contribution in [1.82, 2.24) is 4.90 Å². The highest BCUT2D eigenvalue weighted by Gasteiger charge is 2.19. The Morgan fingerprint density at radius 1 is 1.04 bits per heavy atom. The van der Waals surface area contributed by atoms with Gasteiger partial charge in [-0.2, -0.15) is 0 Å². The average molecular weight is 364 g/mol. The summed E-state index contributed by atoms with van der Waals surface area (Å²) in [5.74, 6) is 1.96. The minimum Gasteiger partial charge on any atom is -0.497 e. The summed E-state index contributed by atoms with van der Waals surface area (Å²) >= 11 is 5.83. The number of hydrogen-bond acceptors (Lipinski definition) is 4. The van der Waals surface area contributed by atoms with Gasteiger partial charge in [-0.3, -0.25) is 4.79 Å². The summed E-state index contributed by atoms with van der Waals surface area (Å²) in [6.45, 7) is 2.57. The van der Waals surface area contributed by atoms with Crippen LogP contribution in [-0.4, -0.2) is 44.2 Å². The molecule has 0 radical (unpaired) electrons. The maximum absolute atomic E-state index is 12.4. The van der Waals surface area contributed by atoms with Gasteiger partial charge in [0, 0.05) is 12.1 Å². The SMILES string of the molecule is COc1ccc(OC(C)C(=O)N(C)CCOc2ccc(Cl)cc2)cc1. The number of nitrogens with zero attached hydrogens (tertiary/aromatic N) is 1. The zero-order valence-corrected chi connectivity index (χ0v) is 15.3. The molecule has 2 rings (SSSR count). The molecule has 1 amide bonds. The van der Waals surface area contributed by atoms with E-state index < -0.39 is 6.10 Å². The van der Waals surface area contributed by atoms with Gasteiger partial charge in [-0.1, -0.05) is 11.6 Å². The van der Waals surface area contributed by atoms with Crippen LogP contribution in [0.2, 0.25) is 5.02 Å². The first-order valence-corrected chi connectivity index (χ1v) is 8.31. The van der Waals surface area contributed by atoms with Crippen molar-refractivity contribution < 1.29 is 19.0 Å². The van der Waals surface area contributed by atoms with E-state index in [0.29, 0.717) is 29.7 Å². The van der Waals surface area contributed by atoms with E-state index in [2.05, 4.69) is 0 Å². The van der Waals surface area contributed by atoms with E-state index in [0.717, 1.165) is 5.75 Å². The number of ether oxygens (including phenoxy) is 3. The second-order valence-electron chi connectivity index (χ2n) is 5.50. The molecule has 6 heteroatoms. The van der Waals surface area contributed by atoms with Crippen molar-refractivity contribution in [2.45, 2.75) is 13.0 Å². The summed E-state index contributed by atoms with van der Waals surface area (Å²) in [5, 5.41) is 0.657. The third-order valence-electron chi connectivity index (χ3n) is 3.61. The molecule has 1 unspecified atom stereocenters. The number of methoxy groups -OCH3 is 1. The van der Waals surface area contributed by atoms with E-state index >= 15 is 0 Å². The maximum atomic E-state index is 12.4. The highest BCUT2D eigenvalue weighted by molar-refractivity contribution is 6.30. The first-order chi connectivity index (χ1) is 12.0. The molecule has 0 aliphatic heterocycles. The largest absolute Gasteiger partial charge is 0.497 e. The molecular weight excluding hydrogens is 342 g/mol. The highest BCUT2D eigenvalue weighted by Crippen LogP contribution is 2.19. The Labute approximate surface area is 153 Å². The molecule has 0 saturated heterocycles. The zero-order valence-electron chi connectivity index (χ0n) is 14.6. The van der Waals surface area contributed by atoms with E-state index in [-0.39, 0.29) is 5.91 Å². The van der Waals surface area contributed by atoms with Gasteiger partial charge in [-0.15, -0.1) is 0 Å². The van der Waals surface area contributed by atoms with E-state index in [1.165, 1.54) is 0 Å². The number of carbonyl (C=O) groups excluding carboxylic acids is 1. The first-order valence-electron chi connectivity index (χ1n) is 7.93. The van der Waals surface area contributed by atoms with Crippen LogP contribution < -0.4 is 14.2 Å². The Hall–Kier alpha value is -2.40. The van der Waals surface area contributed by atoms with Crippen molar-refractivity contribution in [3.63, 3.8) is 0 Å². The molecule has 2 aromatic rings. The quantitative estimate of drug-likeness (QED) is 0.718. The van der Waals surface area contributed by atoms with Crippen molar-refractivity contribution in [3.8, 4) is 17.2 Å². The van der Waals surface area contributed by atoms with Crippen LogP contribution in [0.25, 0.3) is 0 Å². The van der Waals surface area contributed by atoms with E-state index in [4.69, 9.17) is 25.8 Å². The Balaban J connectivity index is 1.78. The van der Waals surface area contributed by atoms with Gasteiger partial charge in [0.1, 0.15) is 23.9 Å². The molecule has 0 saturated carbocycles. The lowest BCUT2D eigenvalue weighted by molar-refractivity contribution is -0.136. The average Bonchev–Trinajstić information content (AvgIpc) is 2.63. The van der Waals surface area contributed by atoms with Crippen molar-refractivity contribution >= 4 is 17.5 Å². The Morgan fingerprint density at radius 2 is 1.60 bits per heavy atom. The third kappa shape index (κ3) is 5.87. The van der Waals surface area contributed by atoms with Gasteiger partial charge < -0.3 is 19.1 Å². The van der Waals surface area contributed by atoms with Crippen LogP contribution in [0.1, 0.15) is 6.92 Å². The minimum absolute atomic E-state index is 0.115. The predicted molar refractivity (Wildman–Crippen MR) is 97.7 cm³/mol. The van der Waals surface area contributed by atoms with E-state index in [9.17, 15) is 4.79 Å². The monoisotopic (exact) mass is 363 g/mol. The second kappa shape index (κ2) is 9.18. The van der Waals surface area contributed by atoms with Crippen LogP contribution in [-0.2, 0) is 4.79 Å². The molecule has 5 nitrogen and oxygen atoms in total. The van der Waals surface area contributed by atoms with Crippen LogP contribution >= 0.6 is 11.6 Å². The molecule has 0 aromatic heterocycles. The normalized spacial score (nSPS) is 11.5. The number of carbonyl (C=O) groups is 1. The Bertz CT molecular complexity index is 673. The van der Waals surface area contributed by atoms with E-state index in [1.807, 2.05) is 0 Å². The number of benzene rings is 2. The van der Waals surface area contributed by atoms with Gasteiger partial charge in [-0.05, 0) is 55.5 Å². The molecule has 1 atom stereocenters. The molecule has 134 valence electrons. The summed E-state index contributed by atoms with van der Waals surface area (Å²) in [6, 6.07) is 14.2. The van der Waals surface area contributed by atoms with E-state index in [1.54, 1.807) is 74.5 Å². The predicted octanol–water partition coefficient (Wildman–Crippen LogP) is 3.65. The zero-order chi connectivity index (χ0) is 18.2. The molecule has 0 aliphatic carbocycles. The molecule has 2 aromatic carbocycles. The standard InChI is InChI=1S/C19H22ClNO4/c1-14(25-18-10-8-16(23-3)9-11-18)19(22)21(2)12-13-24-17-6-4-15(20)5-7-17/h4-11,14H,12-13H2,1-3H3. The van der Waals surface area contributed by atoms with Crippen LogP contribution in [0.3, 0.4) is 0 Å². The molecular formula is C19H22ClNO4. The summed E-state index contributed by atoms with van der Waals surface area (Å²) in [6.07, 6.45) is -0.589. The molecule has 0 fully saturated rings. The number of rotatable bonds is 8. The number of hydrogen-bond donors (Lipinski definition) is 0. The smallest absolute Gasteiger partial charge is 0.263 e. The Kier molecular flexibility index (Phi) is 6.95. The second-order valence-corrected chi connectivity index (χ2v) is 5.93. The van der Waals surface area contributed by atoms with Gasteiger partial charge in [0.15, 0.2) is 6.10 Å². The fourth-order valence-electron chi connectivity index (χ4n) is 2.16. The number of halogens is 1. The van der Waals surface area contributed by atoms with Gasteiger partial charge in [0.2, 0.25) is 0 Å². The van der Waals surface area contributed by atoms with Crippen molar-refractivity contribution in [2.75, 3.05) is 27.3 Å². The van der Waals surface area contributed by atoms with Crippen molar-refractivity contribution in [3.05, 3.63) is 53.6 Å². The van der Waals surface area contributed by atoms with Crippen LogP contribution in [0.5, 0.6) is 17.2 Å². The van der Waals surface area contributed by atoms with Crippen LogP contribution in [0.15, 0.2) is 48.5 Å². The number of likely N-dealkylation sites (N-methyl/N-ethyl adjacent to an activating group) is 1. The van der Waals surface area contributed by atoms with Crippen molar-refractivity contribution in [1.29, 1.82) is 0 Å². The summed E-state index contributed by atoms with van der Waals surface area (Å²) in [4.78, 5) is 13.9. The summed E-state index contributed by atoms with van der Waals surface area (Å²) in [5.41, 5.74) is 0. The Morgan fingerprint density at radius 3 is 2.20 bits per heavy atom. The molecule has 0 N–H and O–H groups in total. The van der Waals surface area contributed by atoms with Gasteiger partial charge >= 0.3 is 0 Å². The minimum atomic E-state index is -0.589. The fraction of sp³-hybridized carbons (Fsp3) is 0.316. The lowest BCUT2D eigenvalue weighted by atomic mass is 10.3. The molecule has 25 heavy (non-hydrogen) atoms.